The van der Waals surface area contributed by atoms with Crippen molar-refractivity contribution in [1.29, 1.82) is 0 Å². The van der Waals surface area contributed by atoms with Gasteiger partial charge in [-0.15, -0.1) is 0 Å². The monoisotopic (exact) mass is 242 g/mol. The third-order valence-electron chi connectivity index (χ3n) is 2.60. The number of nitrogens with two attached hydrogens (primary N) is 1. The van der Waals surface area contributed by atoms with E-state index in [2.05, 4.69) is 0 Å². The van der Waals surface area contributed by atoms with Crippen molar-refractivity contribution < 1.29 is 23.0 Å². The Morgan fingerprint density at radius 2 is 2.19 bits per heavy atom. The molecule has 0 aromatic heterocycles. The highest BCUT2D eigenvalue weighted by atomic mass is 19.4. The van der Waals surface area contributed by atoms with E-state index in [9.17, 15) is 13.2 Å². The van der Waals surface area contributed by atoms with Gasteiger partial charge in [-0.3, -0.25) is 4.90 Å². The third-order valence-corrected chi connectivity index (χ3v) is 2.60. The highest BCUT2D eigenvalue weighted by Crippen LogP contribution is 2.27. The maximum absolute atomic E-state index is 12.8. The molecule has 4 nitrogen and oxygen atoms in total. The van der Waals surface area contributed by atoms with Gasteiger partial charge in [-0.2, -0.15) is 13.2 Å². The number of alkyl halides is 3. The largest absolute Gasteiger partial charge is 0.405 e. The van der Waals surface area contributed by atoms with Gasteiger partial charge in [-0.05, 0) is 6.92 Å². The molecule has 16 heavy (non-hydrogen) atoms. The minimum atomic E-state index is -4.36. The predicted octanol–water partition coefficient (Wildman–Crippen LogP) is -0.0424. The van der Waals surface area contributed by atoms with Gasteiger partial charge >= 0.3 is 6.18 Å². The van der Waals surface area contributed by atoms with Crippen molar-refractivity contribution in [3.63, 3.8) is 0 Å². The fourth-order valence-electron chi connectivity index (χ4n) is 1.94. The number of aliphatic hydroxyl groups excluding tert-OH is 1. The lowest BCUT2D eigenvalue weighted by Gasteiger charge is -2.40. The molecule has 3 atom stereocenters. The van der Waals surface area contributed by atoms with E-state index in [1.54, 1.807) is 0 Å². The van der Waals surface area contributed by atoms with Gasteiger partial charge in [0.05, 0.1) is 19.3 Å². The first-order chi connectivity index (χ1) is 7.36. The number of aliphatic hydroxyl groups is 1. The molecule has 1 fully saturated rings. The molecule has 96 valence electrons. The second kappa shape index (κ2) is 5.31. The molecule has 0 amide bonds. The molecular weight excluding hydrogens is 225 g/mol. The van der Waals surface area contributed by atoms with Crippen LogP contribution in [0.2, 0.25) is 0 Å². The SMILES string of the molecule is CC(N)C(N1CCOC(CO)C1)C(F)(F)F. The molecule has 1 rings (SSSR count). The summed E-state index contributed by atoms with van der Waals surface area (Å²) in [5, 5.41) is 8.87. The Hall–Kier alpha value is -0.370. The summed E-state index contributed by atoms with van der Waals surface area (Å²) in [6.45, 7) is 1.48. The van der Waals surface area contributed by atoms with Crippen LogP contribution in [0.4, 0.5) is 13.2 Å². The van der Waals surface area contributed by atoms with Crippen LogP contribution in [0.3, 0.4) is 0 Å². The summed E-state index contributed by atoms with van der Waals surface area (Å²) in [7, 11) is 0. The van der Waals surface area contributed by atoms with Crippen LogP contribution >= 0.6 is 0 Å². The first-order valence-corrected chi connectivity index (χ1v) is 5.15. The summed E-state index contributed by atoms with van der Waals surface area (Å²) in [5.74, 6) is 0. The molecule has 0 aromatic rings. The predicted molar refractivity (Wildman–Crippen MR) is 51.9 cm³/mol. The normalized spacial score (nSPS) is 27.8. The molecule has 1 aliphatic heterocycles. The quantitative estimate of drug-likeness (QED) is 0.729. The van der Waals surface area contributed by atoms with Gasteiger partial charge < -0.3 is 15.6 Å². The number of halogens is 3. The van der Waals surface area contributed by atoms with Crippen molar-refractivity contribution in [2.75, 3.05) is 26.3 Å². The van der Waals surface area contributed by atoms with Crippen LogP contribution < -0.4 is 5.73 Å². The summed E-state index contributed by atoms with van der Waals surface area (Å²) in [6, 6.07) is -2.68. The van der Waals surface area contributed by atoms with Gasteiger partial charge in [0.2, 0.25) is 0 Å². The fourth-order valence-corrected chi connectivity index (χ4v) is 1.94. The van der Waals surface area contributed by atoms with Gasteiger partial charge in [-0.1, -0.05) is 0 Å². The zero-order valence-electron chi connectivity index (χ0n) is 9.07. The van der Waals surface area contributed by atoms with Crippen LogP contribution in [0.1, 0.15) is 6.92 Å². The highest BCUT2D eigenvalue weighted by molar-refractivity contribution is 4.88. The Morgan fingerprint density at radius 1 is 1.56 bits per heavy atom. The van der Waals surface area contributed by atoms with Crippen LogP contribution in [0.25, 0.3) is 0 Å². The second-order valence-corrected chi connectivity index (χ2v) is 4.02. The lowest BCUT2D eigenvalue weighted by molar-refractivity contribution is -0.203. The minimum absolute atomic E-state index is 0.0578. The zero-order chi connectivity index (χ0) is 12.3. The van der Waals surface area contributed by atoms with Crippen molar-refractivity contribution in [2.45, 2.75) is 31.3 Å². The minimum Gasteiger partial charge on any atom is -0.394 e. The molecule has 0 bridgehead atoms. The summed E-state index contributed by atoms with van der Waals surface area (Å²) < 4.78 is 43.4. The van der Waals surface area contributed by atoms with Crippen LogP contribution in [0, 0.1) is 0 Å². The Kier molecular flexibility index (Phi) is 4.54. The van der Waals surface area contributed by atoms with Crippen LogP contribution in [-0.2, 0) is 4.74 Å². The van der Waals surface area contributed by atoms with Crippen LogP contribution in [0.15, 0.2) is 0 Å². The Balaban J connectivity index is 2.71. The van der Waals surface area contributed by atoms with Crippen molar-refractivity contribution >= 4 is 0 Å². The van der Waals surface area contributed by atoms with Crippen LogP contribution in [0.5, 0.6) is 0 Å². The number of nitrogens with zero attached hydrogens (tertiary/aromatic N) is 1. The molecule has 0 saturated carbocycles. The van der Waals surface area contributed by atoms with E-state index in [4.69, 9.17) is 15.6 Å². The van der Waals surface area contributed by atoms with E-state index in [0.29, 0.717) is 0 Å². The Labute approximate surface area is 92.2 Å². The Bertz CT molecular complexity index is 223. The molecule has 3 unspecified atom stereocenters. The van der Waals surface area contributed by atoms with E-state index in [0.717, 1.165) is 0 Å². The first kappa shape index (κ1) is 13.7. The third kappa shape index (κ3) is 3.31. The Morgan fingerprint density at radius 3 is 2.62 bits per heavy atom. The number of morpholine rings is 1. The van der Waals surface area contributed by atoms with E-state index in [1.807, 2.05) is 0 Å². The van der Waals surface area contributed by atoms with E-state index in [-0.39, 0.29) is 26.3 Å². The summed E-state index contributed by atoms with van der Waals surface area (Å²) in [5.41, 5.74) is 5.38. The van der Waals surface area contributed by atoms with Crippen molar-refractivity contribution in [3.8, 4) is 0 Å². The van der Waals surface area contributed by atoms with Crippen molar-refractivity contribution in [1.82, 2.24) is 4.90 Å². The van der Waals surface area contributed by atoms with Crippen LogP contribution in [-0.4, -0.2) is 60.7 Å². The van der Waals surface area contributed by atoms with Gasteiger partial charge in [0.15, 0.2) is 0 Å². The van der Waals surface area contributed by atoms with Crippen molar-refractivity contribution in [3.05, 3.63) is 0 Å². The number of hydrogen-bond acceptors (Lipinski definition) is 4. The molecule has 3 N–H and O–H groups in total. The molecule has 1 aliphatic rings. The van der Waals surface area contributed by atoms with Crippen molar-refractivity contribution in [2.24, 2.45) is 5.73 Å². The smallest absolute Gasteiger partial charge is 0.394 e. The summed E-state index contributed by atoms with van der Waals surface area (Å²) in [4.78, 5) is 1.23. The first-order valence-electron chi connectivity index (χ1n) is 5.15. The van der Waals surface area contributed by atoms with Gasteiger partial charge in [-0.25, -0.2) is 0 Å². The summed E-state index contributed by atoms with van der Waals surface area (Å²) >= 11 is 0. The molecule has 0 spiro atoms. The maximum atomic E-state index is 12.8. The molecular formula is C9H17F3N2O2. The molecule has 0 radical (unpaired) electrons. The average molecular weight is 242 g/mol. The second-order valence-electron chi connectivity index (χ2n) is 4.02. The lowest BCUT2D eigenvalue weighted by Crippen LogP contribution is -2.59. The number of hydrogen-bond donors (Lipinski definition) is 2. The van der Waals surface area contributed by atoms with E-state index >= 15 is 0 Å². The lowest BCUT2D eigenvalue weighted by atomic mass is 10.1. The number of ether oxygens (including phenoxy) is 1. The summed E-state index contributed by atoms with van der Waals surface area (Å²) in [6.07, 6.45) is -4.91. The molecule has 1 saturated heterocycles. The zero-order valence-corrected chi connectivity index (χ0v) is 9.07. The highest BCUT2D eigenvalue weighted by Gasteiger charge is 2.46. The topological polar surface area (TPSA) is 58.7 Å². The fraction of sp³-hybridized carbons (Fsp3) is 1.00. The number of rotatable bonds is 3. The standard InChI is InChI=1S/C9H17F3N2O2/c1-6(13)8(9(10,11)12)14-2-3-16-7(4-14)5-15/h6-8,15H,2-5,13H2,1H3. The maximum Gasteiger partial charge on any atom is 0.405 e. The molecule has 1 heterocycles. The van der Waals surface area contributed by atoms with Gasteiger partial charge in [0, 0.05) is 19.1 Å². The molecule has 0 aliphatic carbocycles. The average Bonchev–Trinajstić information content (AvgIpc) is 2.15. The van der Waals surface area contributed by atoms with E-state index < -0.39 is 24.4 Å². The molecule has 7 heteroatoms. The van der Waals surface area contributed by atoms with Gasteiger partial charge in [0.1, 0.15) is 6.04 Å². The van der Waals surface area contributed by atoms with Gasteiger partial charge in [0.25, 0.3) is 0 Å². The molecule has 0 aromatic carbocycles. The van der Waals surface area contributed by atoms with E-state index in [1.165, 1.54) is 11.8 Å².